The van der Waals surface area contributed by atoms with Gasteiger partial charge in [-0.1, -0.05) is 11.6 Å². The van der Waals surface area contributed by atoms with Crippen LogP contribution in [0.4, 0.5) is 10.1 Å². The quantitative estimate of drug-likeness (QED) is 0.490. The molecule has 0 radical (unpaired) electrons. The van der Waals surface area contributed by atoms with Crippen molar-refractivity contribution in [2.24, 2.45) is 7.05 Å². The molecule has 4 rings (SSSR count). The van der Waals surface area contributed by atoms with Crippen LogP contribution in [-0.2, 0) is 22.1 Å². The molecule has 1 aromatic carbocycles. The summed E-state index contributed by atoms with van der Waals surface area (Å²) < 4.78 is 44.1. The van der Waals surface area contributed by atoms with Gasteiger partial charge < -0.3 is 5.32 Å². The number of nitrogens with zero attached hydrogens (tertiary/aromatic N) is 3. The standard InChI is InChI=1S/C18H18ClFN6O3S2/c1-25-9-21-7-15(25)16-8-22-18(30-16)13-6-14(26(2)31(28,29)24-13)17(27)23-10-3-4-12(20)11(19)5-10/h3-5,7-9,13-14,24H,6H2,1-2H3,(H,23,27)/p+1/t13-,14+/m1/s1. The maximum absolute atomic E-state index is 13.4. The van der Waals surface area contributed by atoms with Gasteiger partial charge in [-0.3, -0.25) is 4.79 Å². The number of hydrogen-bond donors (Lipinski definition) is 3. The number of anilines is 1. The summed E-state index contributed by atoms with van der Waals surface area (Å²) in [6.07, 6.45) is 5.45. The van der Waals surface area contributed by atoms with Crippen LogP contribution in [0.15, 0.2) is 36.9 Å². The monoisotopic (exact) mass is 485 g/mol. The molecule has 1 fully saturated rings. The fourth-order valence-electron chi connectivity index (χ4n) is 3.28. The van der Waals surface area contributed by atoms with Gasteiger partial charge in [-0.05, 0) is 24.6 Å². The van der Waals surface area contributed by atoms with Gasteiger partial charge in [0.15, 0.2) is 5.69 Å². The number of rotatable bonds is 4. The number of amides is 1. The summed E-state index contributed by atoms with van der Waals surface area (Å²) in [5.74, 6) is -1.16. The zero-order valence-electron chi connectivity index (χ0n) is 16.5. The number of nitrogens with one attached hydrogen (secondary N) is 3. The van der Waals surface area contributed by atoms with E-state index in [4.69, 9.17) is 11.6 Å². The van der Waals surface area contributed by atoms with Crippen LogP contribution in [0, 0.1) is 5.82 Å². The first-order chi connectivity index (χ1) is 14.7. The van der Waals surface area contributed by atoms with Crippen molar-refractivity contribution in [1.29, 1.82) is 0 Å². The van der Waals surface area contributed by atoms with Crippen LogP contribution in [0.25, 0.3) is 10.6 Å². The van der Waals surface area contributed by atoms with Crippen molar-refractivity contribution >= 4 is 44.7 Å². The largest absolute Gasteiger partial charge is 0.325 e. The lowest BCUT2D eigenvalue weighted by molar-refractivity contribution is -0.659. The number of likely N-dealkylation sites (N-methyl/N-ethyl adjacent to an activating group) is 1. The topological polar surface area (TPSA) is 111 Å². The summed E-state index contributed by atoms with van der Waals surface area (Å²) in [5.41, 5.74) is 1.18. The molecule has 1 aliphatic heterocycles. The third-order valence-electron chi connectivity index (χ3n) is 5.00. The first kappa shape index (κ1) is 21.8. The van der Waals surface area contributed by atoms with E-state index in [0.717, 1.165) is 20.9 Å². The number of aryl methyl sites for hydroxylation is 1. The van der Waals surface area contributed by atoms with Crippen molar-refractivity contribution in [3.05, 3.63) is 52.8 Å². The Morgan fingerprint density at radius 2 is 2.23 bits per heavy atom. The minimum Gasteiger partial charge on any atom is -0.325 e. The van der Waals surface area contributed by atoms with Gasteiger partial charge in [0.05, 0.1) is 23.0 Å². The van der Waals surface area contributed by atoms with Crippen LogP contribution in [0.5, 0.6) is 0 Å². The predicted molar refractivity (Wildman–Crippen MR) is 114 cm³/mol. The Hall–Kier alpha value is -2.38. The third kappa shape index (κ3) is 4.34. The van der Waals surface area contributed by atoms with Crippen LogP contribution in [0.1, 0.15) is 17.5 Å². The highest BCUT2D eigenvalue weighted by Crippen LogP contribution is 2.33. The summed E-state index contributed by atoms with van der Waals surface area (Å²) in [4.78, 5) is 21.1. The normalized spacial score (nSPS) is 21.2. The molecular formula is C18H19ClFN6O3S2+. The summed E-state index contributed by atoms with van der Waals surface area (Å²) in [7, 11) is -0.714. The van der Waals surface area contributed by atoms with E-state index in [0.29, 0.717) is 5.01 Å². The molecule has 2 aromatic heterocycles. The summed E-state index contributed by atoms with van der Waals surface area (Å²) in [6.45, 7) is 0. The lowest BCUT2D eigenvalue weighted by atomic mass is 10.1. The number of aromatic amines is 1. The average Bonchev–Trinajstić information content (AvgIpc) is 3.35. The number of hydrogen-bond acceptors (Lipinski definition) is 5. The number of halogens is 2. The minimum absolute atomic E-state index is 0.143. The predicted octanol–water partition coefficient (Wildman–Crippen LogP) is 1.97. The molecular weight excluding hydrogens is 467 g/mol. The molecule has 13 heteroatoms. The van der Waals surface area contributed by atoms with Gasteiger partial charge in [0, 0.05) is 18.9 Å². The van der Waals surface area contributed by atoms with Crippen molar-refractivity contribution in [3.8, 4) is 10.6 Å². The molecule has 2 atom stereocenters. The van der Waals surface area contributed by atoms with Crippen LogP contribution in [-0.4, -0.2) is 41.7 Å². The summed E-state index contributed by atoms with van der Waals surface area (Å²) >= 11 is 7.11. The number of H-pyrrole nitrogens is 1. The Labute approximate surface area is 187 Å². The molecule has 0 aliphatic carbocycles. The molecule has 9 nitrogen and oxygen atoms in total. The molecule has 0 saturated carbocycles. The van der Waals surface area contributed by atoms with Crippen molar-refractivity contribution in [2.45, 2.75) is 18.5 Å². The second kappa shape index (κ2) is 8.28. The van der Waals surface area contributed by atoms with Crippen molar-refractivity contribution in [2.75, 3.05) is 12.4 Å². The lowest BCUT2D eigenvalue weighted by Gasteiger charge is -2.35. The van der Waals surface area contributed by atoms with Crippen molar-refractivity contribution < 1.29 is 22.2 Å². The van der Waals surface area contributed by atoms with Gasteiger partial charge in [-0.2, -0.15) is 17.4 Å². The molecule has 31 heavy (non-hydrogen) atoms. The van der Waals surface area contributed by atoms with E-state index in [-0.39, 0.29) is 17.1 Å². The molecule has 1 amide bonds. The Bertz CT molecular complexity index is 1240. The maximum atomic E-state index is 13.4. The third-order valence-corrected chi connectivity index (χ3v) is 8.02. The minimum atomic E-state index is -3.92. The number of carbonyl (C=O) groups excluding carboxylic acids is 1. The number of imidazole rings is 1. The summed E-state index contributed by atoms with van der Waals surface area (Å²) in [5, 5.41) is 3.01. The molecule has 0 spiro atoms. The SMILES string of the molecule is CN1[C@H](C(=O)Nc2ccc(F)c(Cl)c2)C[C@H](c2ncc(-c3c[nH]c[n+]3C)s2)NS1(=O)=O. The van der Waals surface area contributed by atoms with Crippen LogP contribution in [0.2, 0.25) is 5.02 Å². The highest BCUT2D eigenvalue weighted by Gasteiger charge is 2.41. The Balaban J connectivity index is 1.58. The van der Waals surface area contributed by atoms with Crippen molar-refractivity contribution in [3.63, 3.8) is 0 Å². The van der Waals surface area contributed by atoms with E-state index in [1.807, 2.05) is 17.8 Å². The van der Waals surface area contributed by atoms with Gasteiger partial charge in [0.1, 0.15) is 23.1 Å². The van der Waals surface area contributed by atoms with E-state index < -0.39 is 34.0 Å². The van der Waals surface area contributed by atoms with Gasteiger partial charge in [-0.15, -0.1) is 11.3 Å². The zero-order valence-corrected chi connectivity index (χ0v) is 18.9. The zero-order chi connectivity index (χ0) is 22.3. The first-order valence-electron chi connectivity index (χ1n) is 9.15. The van der Waals surface area contributed by atoms with Gasteiger partial charge in [0.2, 0.25) is 12.2 Å². The van der Waals surface area contributed by atoms with E-state index in [1.165, 1.54) is 30.5 Å². The Kier molecular flexibility index (Phi) is 5.83. The highest BCUT2D eigenvalue weighted by molar-refractivity contribution is 7.87. The number of carbonyl (C=O) groups is 1. The summed E-state index contributed by atoms with van der Waals surface area (Å²) in [6, 6.07) is 2.09. The second-order valence-corrected chi connectivity index (χ2v) is 10.3. The maximum Gasteiger partial charge on any atom is 0.280 e. The fraction of sp³-hybridized carbons (Fsp3) is 0.278. The van der Waals surface area contributed by atoms with E-state index in [2.05, 4.69) is 20.0 Å². The molecule has 1 aliphatic rings. The van der Waals surface area contributed by atoms with E-state index in [1.54, 1.807) is 12.5 Å². The molecule has 3 heterocycles. The number of benzene rings is 1. The van der Waals surface area contributed by atoms with Crippen LogP contribution in [0.3, 0.4) is 0 Å². The van der Waals surface area contributed by atoms with Crippen LogP contribution < -0.4 is 14.6 Å². The van der Waals surface area contributed by atoms with Crippen LogP contribution >= 0.6 is 22.9 Å². The fourth-order valence-corrected chi connectivity index (χ4v) is 5.83. The average molecular weight is 486 g/mol. The molecule has 0 unspecified atom stereocenters. The lowest BCUT2D eigenvalue weighted by Crippen LogP contribution is -2.55. The molecule has 3 aromatic rings. The van der Waals surface area contributed by atoms with Gasteiger partial charge in [0.25, 0.3) is 10.2 Å². The molecule has 164 valence electrons. The van der Waals surface area contributed by atoms with Crippen molar-refractivity contribution in [1.82, 2.24) is 19.0 Å². The van der Waals surface area contributed by atoms with Gasteiger partial charge in [-0.25, -0.2) is 18.9 Å². The first-order valence-corrected chi connectivity index (χ1v) is 11.8. The number of thiazole rings is 1. The molecule has 0 bridgehead atoms. The smallest absolute Gasteiger partial charge is 0.280 e. The number of aromatic nitrogens is 3. The van der Waals surface area contributed by atoms with E-state index in [9.17, 15) is 17.6 Å². The molecule has 1 saturated heterocycles. The Morgan fingerprint density at radius 1 is 1.45 bits per heavy atom. The highest BCUT2D eigenvalue weighted by atomic mass is 35.5. The Morgan fingerprint density at radius 3 is 2.90 bits per heavy atom. The molecule has 3 N–H and O–H groups in total. The second-order valence-electron chi connectivity index (χ2n) is 7.06. The van der Waals surface area contributed by atoms with Gasteiger partial charge >= 0.3 is 0 Å². The van der Waals surface area contributed by atoms with E-state index >= 15 is 0 Å².